The molecular weight excluding hydrogens is 224 g/mol. The average Bonchev–Trinajstić information content (AvgIpc) is 2.29. The van der Waals surface area contributed by atoms with Crippen LogP contribution in [0.15, 0.2) is 0 Å². The fourth-order valence-corrected chi connectivity index (χ4v) is 1.81. The lowest BCUT2D eigenvalue weighted by Crippen LogP contribution is -2.59. The first-order valence-electron chi connectivity index (χ1n) is 5.90. The normalized spacial score (nSPS) is 20.6. The molecule has 1 heterocycles. The highest BCUT2D eigenvalue weighted by atomic mass is 16.5. The van der Waals surface area contributed by atoms with Crippen LogP contribution in [0.2, 0.25) is 0 Å². The standard InChI is InChI=1S/C11H20N2O4/c1-2-3-8(9(14)15)13-10(16)11(12)4-6-17-7-5-11/h8H,2-7,12H2,1H3,(H,13,16)(H,14,15). The van der Waals surface area contributed by atoms with Gasteiger partial charge in [-0.1, -0.05) is 13.3 Å². The van der Waals surface area contributed by atoms with Crippen LogP contribution in [0.5, 0.6) is 0 Å². The first-order valence-corrected chi connectivity index (χ1v) is 5.90. The molecule has 0 aromatic heterocycles. The molecule has 1 amide bonds. The average molecular weight is 244 g/mol. The highest BCUT2D eigenvalue weighted by Gasteiger charge is 2.37. The Hall–Kier alpha value is -1.14. The number of hydrogen-bond donors (Lipinski definition) is 3. The van der Waals surface area contributed by atoms with E-state index in [1.54, 1.807) is 0 Å². The molecule has 17 heavy (non-hydrogen) atoms. The van der Waals surface area contributed by atoms with Crippen molar-refractivity contribution in [1.29, 1.82) is 0 Å². The van der Waals surface area contributed by atoms with Gasteiger partial charge in [0.25, 0.3) is 0 Å². The fraction of sp³-hybridized carbons (Fsp3) is 0.818. The highest BCUT2D eigenvalue weighted by molar-refractivity contribution is 5.90. The number of rotatable bonds is 5. The van der Waals surface area contributed by atoms with Crippen LogP contribution in [-0.4, -0.2) is 41.8 Å². The lowest BCUT2D eigenvalue weighted by atomic mass is 9.90. The molecule has 0 saturated carbocycles. The maximum absolute atomic E-state index is 12.0. The minimum atomic E-state index is -1.02. The zero-order valence-corrected chi connectivity index (χ0v) is 10.1. The SMILES string of the molecule is CCCC(NC(=O)C1(N)CCOCC1)C(=O)O. The molecule has 0 aromatic carbocycles. The Kier molecular flexibility index (Phi) is 4.89. The lowest BCUT2D eigenvalue weighted by molar-refractivity contribution is -0.143. The molecule has 0 radical (unpaired) electrons. The van der Waals surface area contributed by atoms with Gasteiger partial charge in [-0.25, -0.2) is 4.79 Å². The highest BCUT2D eigenvalue weighted by Crippen LogP contribution is 2.18. The van der Waals surface area contributed by atoms with E-state index in [1.165, 1.54) is 0 Å². The monoisotopic (exact) mass is 244 g/mol. The number of nitrogens with one attached hydrogen (secondary N) is 1. The summed E-state index contributed by atoms with van der Waals surface area (Å²) < 4.78 is 5.14. The number of amides is 1. The number of ether oxygens (including phenoxy) is 1. The Balaban J connectivity index is 2.59. The van der Waals surface area contributed by atoms with Crippen molar-refractivity contribution in [2.45, 2.75) is 44.2 Å². The third kappa shape index (κ3) is 3.67. The Morgan fingerprint density at radius 3 is 2.53 bits per heavy atom. The van der Waals surface area contributed by atoms with Crippen LogP contribution in [0.25, 0.3) is 0 Å². The van der Waals surface area contributed by atoms with Gasteiger partial charge in [0, 0.05) is 13.2 Å². The van der Waals surface area contributed by atoms with E-state index in [4.69, 9.17) is 15.6 Å². The van der Waals surface area contributed by atoms with Crippen LogP contribution < -0.4 is 11.1 Å². The predicted octanol–water partition coefficient (Wildman–Crippen LogP) is -0.136. The second-order valence-corrected chi connectivity index (χ2v) is 4.42. The van der Waals surface area contributed by atoms with Gasteiger partial charge in [-0.05, 0) is 19.3 Å². The van der Waals surface area contributed by atoms with Gasteiger partial charge in [-0.15, -0.1) is 0 Å². The van der Waals surface area contributed by atoms with E-state index in [2.05, 4.69) is 5.32 Å². The molecule has 0 aromatic rings. The van der Waals surface area contributed by atoms with Crippen molar-refractivity contribution in [1.82, 2.24) is 5.32 Å². The smallest absolute Gasteiger partial charge is 0.326 e. The summed E-state index contributed by atoms with van der Waals surface area (Å²) in [5.41, 5.74) is 4.98. The summed E-state index contributed by atoms with van der Waals surface area (Å²) in [5, 5.41) is 11.5. The maximum atomic E-state index is 12.0. The molecule has 1 rings (SSSR count). The van der Waals surface area contributed by atoms with E-state index in [0.717, 1.165) is 0 Å². The minimum Gasteiger partial charge on any atom is -0.480 e. The number of carboxylic acids is 1. The largest absolute Gasteiger partial charge is 0.480 e. The van der Waals surface area contributed by atoms with Crippen LogP contribution >= 0.6 is 0 Å². The van der Waals surface area contributed by atoms with E-state index in [9.17, 15) is 9.59 Å². The van der Waals surface area contributed by atoms with Crippen molar-refractivity contribution in [2.75, 3.05) is 13.2 Å². The third-order valence-electron chi connectivity index (χ3n) is 3.02. The molecule has 1 unspecified atom stereocenters. The molecule has 1 fully saturated rings. The van der Waals surface area contributed by atoms with Crippen molar-refractivity contribution >= 4 is 11.9 Å². The number of aliphatic carboxylic acids is 1. The zero-order chi connectivity index (χ0) is 12.9. The van der Waals surface area contributed by atoms with E-state index in [1.807, 2.05) is 6.92 Å². The molecule has 1 aliphatic heterocycles. The molecule has 0 spiro atoms. The van der Waals surface area contributed by atoms with Crippen molar-refractivity contribution < 1.29 is 19.4 Å². The first-order chi connectivity index (χ1) is 7.99. The molecule has 98 valence electrons. The number of carbonyl (C=O) groups excluding carboxylic acids is 1. The van der Waals surface area contributed by atoms with Gasteiger partial charge in [-0.2, -0.15) is 0 Å². The van der Waals surface area contributed by atoms with Crippen molar-refractivity contribution in [3.05, 3.63) is 0 Å². The summed E-state index contributed by atoms with van der Waals surface area (Å²) in [6, 6.07) is -0.851. The minimum absolute atomic E-state index is 0.387. The Bertz CT molecular complexity index is 287. The number of hydrogen-bond acceptors (Lipinski definition) is 4. The molecule has 1 saturated heterocycles. The summed E-state index contributed by atoms with van der Waals surface area (Å²) in [7, 11) is 0. The molecule has 0 aliphatic carbocycles. The van der Waals surface area contributed by atoms with E-state index in [0.29, 0.717) is 38.9 Å². The Morgan fingerprint density at radius 1 is 1.47 bits per heavy atom. The first kappa shape index (κ1) is 13.9. The van der Waals surface area contributed by atoms with Gasteiger partial charge in [0.1, 0.15) is 6.04 Å². The quantitative estimate of drug-likeness (QED) is 0.625. The van der Waals surface area contributed by atoms with Gasteiger partial charge in [0.2, 0.25) is 5.91 Å². The number of nitrogens with two attached hydrogens (primary N) is 1. The van der Waals surface area contributed by atoms with Gasteiger partial charge in [0.15, 0.2) is 0 Å². The Labute approximate surface area is 101 Å². The molecule has 0 bridgehead atoms. The van der Waals surface area contributed by atoms with Crippen LogP contribution in [0.4, 0.5) is 0 Å². The van der Waals surface area contributed by atoms with Gasteiger partial charge >= 0.3 is 5.97 Å². The van der Waals surface area contributed by atoms with Gasteiger partial charge in [0.05, 0.1) is 5.54 Å². The molecule has 6 heteroatoms. The lowest BCUT2D eigenvalue weighted by Gasteiger charge is -2.32. The summed E-state index contributed by atoms with van der Waals surface area (Å²) in [6.45, 7) is 2.75. The topological polar surface area (TPSA) is 102 Å². The molecule has 1 atom stereocenters. The van der Waals surface area contributed by atoms with E-state index in [-0.39, 0.29) is 5.91 Å². The number of carbonyl (C=O) groups is 2. The van der Waals surface area contributed by atoms with Gasteiger partial charge < -0.3 is 20.9 Å². The van der Waals surface area contributed by atoms with Crippen LogP contribution in [0.1, 0.15) is 32.6 Å². The zero-order valence-electron chi connectivity index (χ0n) is 10.1. The predicted molar refractivity (Wildman–Crippen MR) is 61.4 cm³/mol. The summed E-state index contributed by atoms with van der Waals surface area (Å²) in [6.07, 6.45) is 1.96. The Morgan fingerprint density at radius 2 is 2.06 bits per heavy atom. The fourth-order valence-electron chi connectivity index (χ4n) is 1.81. The van der Waals surface area contributed by atoms with E-state index < -0.39 is 17.6 Å². The van der Waals surface area contributed by atoms with Crippen molar-refractivity contribution in [2.24, 2.45) is 5.73 Å². The second-order valence-electron chi connectivity index (χ2n) is 4.42. The van der Waals surface area contributed by atoms with Crippen molar-refractivity contribution in [3.8, 4) is 0 Å². The summed E-state index contributed by atoms with van der Waals surface area (Å²) in [5.74, 6) is -1.41. The number of carboxylic acid groups (broad SMARTS) is 1. The molecule has 4 N–H and O–H groups in total. The van der Waals surface area contributed by atoms with Crippen molar-refractivity contribution in [3.63, 3.8) is 0 Å². The molecule has 1 aliphatic rings. The summed E-state index contributed by atoms with van der Waals surface area (Å²) >= 11 is 0. The summed E-state index contributed by atoms with van der Waals surface area (Å²) in [4.78, 5) is 22.9. The van der Waals surface area contributed by atoms with Crippen LogP contribution in [0, 0.1) is 0 Å². The van der Waals surface area contributed by atoms with Gasteiger partial charge in [-0.3, -0.25) is 4.79 Å². The molecule has 6 nitrogen and oxygen atoms in total. The second kappa shape index (κ2) is 5.97. The third-order valence-corrected chi connectivity index (χ3v) is 3.02. The van der Waals surface area contributed by atoms with E-state index >= 15 is 0 Å². The van der Waals surface area contributed by atoms with Crippen LogP contribution in [0.3, 0.4) is 0 Å². The maximum Gasteiger partial charge on any atom is 0.326 e. The van der Waals surface area contributed by atoms with Crippen LogP contribution in [-0.2, 0) is 14.3 Å². The molecular formula is C11H20N2O4.